The van der Waals surface area contributed by atoms with Crippen LogP contribution in [0.25, 0.3) is 11.5 Å². The van der Waals surface area contributed by atoms with Crippen LogP contribution in [0.15, 0.2) is 33.9 Å². The Balaban J connectivity index is 1.91. The molecule has 118 valence electrons. The standard InChI is InChI=1S/C15H18ClN3O2S/c1-3-19(4-2)13(20)9-10-22-15-18-17-14(21-15)11-7-5-6-8-12(11)16/h5-8H,3-4,9-10H2,1-2H3. The van der Waals surface area contributed by atoms with E-state index < -0.39 is 0 Å². The highest BCUT2D eigenvalue weighted by molar-refractivity contribution is 7.99. The van der Waals surface area contributed by atoms with Crippen molar-refractivity contribution in [3.63, 3.8) is 0 Å². The molecule has 0 atom stereocenters. The number of thioether (sulfide) groups is 1. The molecule has 0 saturated heterocycles. The molecule has 0 spiro atoms. The molecular formula is C15H18ClN3O2S. The molecule has 0 N–H and O–H groups in total. The largest absolute Gasteiger partial charge is 0.411 e. The van der Waals surface area contributed by atoms with Gasteiger partial charge in [-0.3, -0.25) is 4.79 Å². The van der Waals surface area contributed by atoms with E-state index in [0.717, 1.165) is 13.1 Å². The van der Waals surface area contributed by atoms with Crippen molar-refractivity contribution >= 4 is 29.3 Å². The van der Waals surface area contributed by atoms with Crippen LogP contribution in [0.4, 0.5) is 0 Å². The van der Waals surface area contributed by atoms with Crippen molar-refractivity contribution in [2.75, 3.05) is 18.8 Å². The second-order valence-corrected chi connectivity index (χ2v) is 5.97. The number of amides is 1. The molecule has 5 nitrogen and oxygen atoms in total. The lowest BCUT2D eigenvalue weighted by atomic mass is 10.2. The fourth-order valence-corrected chi connectivity index (χ4v) is 2.88. The molecule has 1 amide bonds. The predicted octanol–water partition coefficient (Wildman–Crippen LogP) is 3.74. The van der Waals surface area contributed by atoms with Crippen molar-refractivity contribution in [2.45, 2.75) is 25.5 Å². The molecular weight excluding hydrogens is 322 g/mol. The van der Waals surface area contributed by atoms with E-state index in [1.165, 1.54) is 11.8 Å². The van der Waals surface area contributed by atoms with Crippen LogP contribution >= 0.6 is 23.4 Å². The Morgan fingerprint density at radius 2 is 2.00 bits per heavy atom. The van der Waals surface area contributed by atoms with Crippen LogP contribution in [-0.4, -0.2) is 39.8 Å². The van der Waals surface area contributed by atoms with Gasteiger partial charge in [-0.05, 0) is 26.0 Å². The number of nitrogens with zero attached hydrogens (tertiary/aromatic N) is 3. The maximum absolute atomic E-state index is 11.9. The van der Waals surface area contributed by atoms with Crippen LogP contribution in [0.3, 0.4) is 0 Å². The molecule has 0 saturated carbocycles. The minimum Gasteiger partial charge on any atom is -0.411 e. The van der Waals surface area contributed by atoms with E-state index in [1.54, 1.807) is 6.07 Å². The van der Waals surface area contributed by atoms with Gasteiger partial charge in [0.25, 0.3) is 5.22 Å². The second kappa shape index (κ2) is 8.19. The Bertz CT molecular complexity index is 629. The van der Waals surface area contributed by atoms with Crippen molar-refractivity contribution in [1.29, 1.82) is 0 Å². The van der Waals surface area contributed by atoms with Crippen LogP contribution in [0.1, 0.15) is 20.3 Å². The number of benzene rings is 1. The normalized spacial score (nSPS) is 10.7. The van der Waals surface area contributed by atoms with E-state index in [0.29, 0.717) is 33.9 Å². The lowest BCUT2D eigenvalue weighted by Crippen LogP contribution is -2.30. The van der Waals surface area contributed by atoms with E-state index in [1.807, 2.05) is 36.9 Å². The van der Waals surface area contributed by atoms with Crippen LogP contribution < -0.4 is 0 Å². The number of hydrogen-bond acceptors (Lipinski definition) is 5. The zero-order valence-corrected chi connectivity index (χ0v) is 14.2. The third-order valence-corrected chi connectivity index (χ3v) is 4.32. The Kier molecular flexibility index (Phi) is 6.27. The van der Waals surface area contributed by atoms with E-state index in [2.05, 4.69) is 10.2 Å². The lowest BCUT2D eigenvalue weighted by Gasteiger charge is -2.17. The SMILES string of the molecule is CCN(CC)C(=O)CCSc1nnc(-c2ccccc2Cl)o1. The fourth-order valence-electron chi connectivity index (χ4n) is 1.97. The van der Waals surface area contributed by atoms with Crippen LogP contribution in [0.2, 0.25) is 5.02 Å². The Morgan fingerprint density at radius 3 is 2.68 bits per heavy atom. The first-order chi connectivity index (χ1) is 10.7. The molecule has 1 aromatic carbocycles. The van der Waals surface area contributed by atoms with Crippen LogP contribution in [0, 0.1) is 0 Å². The number of rotatable bonds is 7. The highest BCUT2D eigenvalue weighted by atomic mass is 35.5. The third kappa shape index (κ3) is 4.24. The van der Waals surface area contributed by atoms with Crippen molar-refractivity contribution < 1.29 is 9.21 Å². The molecule has 0 unspecified atom stereocenters. The smallest absolute Gasteiger partial charge is 0.276 e. The third-order valence-electron chi connectivity index (χ3n) is 3.17. The van der Waals surface area contributed by atoms with Gasteiger partial charge in [0.15, 0.2) is 0 Å². The number of carbonyl (C=O) groups excluding carboxylic acids is 1. The molecule has 1 aromatic heterocycles. The van der Waals surface area contributed by atoms with Gasteiger partial charge >= 0.3 is 0 Å². The monoisotopic (exact) mass is 339 g/mol. The summed E-state index contributed by atoms with van der Waals surface area (Å²) >= 11 is 7.47. The summed E-state index contributed by atoms with van der Waals surface area (Å²) in [5, 5.41) is 8.99. The van der Waals surface area contributed by atoms with E-state index in [9.17, 15) is 4.79 Å². The number of aromatic nitrogens is 2. The van der Waals surface area contributed by atoms with Gasteiger partial charge in [-0.2, -0.15) is 0 Å². The maximum atomic E-state index is 11.9. The van der Waals surface area contributed by atoms with Crippen molar-refractivity contribution in [3.05, 3.63) is 29.3 Å². The molecule has 0 fully saturated rings. The average Bonchev–Trinajstić information content (AvgIpc) is 2.97. The molecule has 2 aromatic rings. The van der Waals surface area contributed by atoms with E-state index >= 15 is 0 Å². The summed E-state index contributed by atoms with van der Waals surface area (Å²) in [7, 11) is 0. The average molecular weight is 340 g/mol. The fraction of sp³-hybridized carbons (Fsp3) is 0.400. The predicted molar refractivity (Wildman–Crippen MR) is 88.0 cm³/mol. The highest BCUT2D eigenvalue weighted by Crippen LogP contribution is 2.28. The summed E-state index contributed by atoms with van der Waals surface area (Å²) in [5.74, 6) is 1.14. The molecule has 0 aliphatic rings. The van der Waals surface area contributed by atoms with Crippen LogP contribution in [0.5, 0.6) is 0 Å². The Labute approximate surface area is 139 Å². The topological polar surface area (TPSA) is 59.2 Å². The summed E-state index contributed by atoms with van der Waals surface area (Å²) in [6, 6.07) is 7.31. The summed E-state index contributed by atoms with van der Waals surface area (Å²) in [5.41, 5.74) is 0.711. The minimum absolute atomic E-state index is 0.142. The second-order valence-electron chi connectivity index (χ2n) is 4.52. The van der Waals surface area contributed by atoms with Crippen LogP contribution in [-0.2, 0) is 4.79 Å². The van der Waals surface area contributed by atoms with Gasteiger partial charge in [-0.25, -0.2) is 0 Å². The van der Waals surface area contributed by atoms with Crippen molar-refractivity contribution in [3.8, 4) is 11.5 Å². The zero-order valence-electron chi connectivity index (χ0n) is 12.6. The molecule has 0 radical (unpaired) electrons. The Morgan fingerprint density at radius 1 is 1.27 bits per heavy atom. The van der Waals surface area contributed by atoms with Gasteiger partial charge in [0.2, 0.25) is 11.8 Å². The first-order valence-corrected chi connectivity index (χ1v) is 8.51. The molecule has 7 heteroatoms. The molecule has 0 aliphatic heterocycles. The number of carbonyl (C=O) groups is 1. The molecule has 1 heterocycles. The first-order valence-electron chi connectivity index (χ1n) is 7.14. The lowest BCUT2D eigenvalue weighted by molar-refractivity contribution is -0.130. The quantitative estimate of drug-likeness (QED) is 0.719. The first kappa shape index (κ1) is 16.8. The van der Waals surface area contributed by atoms with E-state index in [-0.39, 0.29) is 5.91 Å². The van der Waals surface area contributed by atoms with Crippen molar-refractivity contribution in [2.24, 2.45) is 0 Å². The van der Waals surface area contributed by atoms with Crippen molar-refractivity contribution in [1.82, 2.24) is 15.1 Å². The van der Waals surface area contributed by atoms with Gasteiger partial charge in [-0.1, -0.05) is 35.5 Å². The number of hydrogen-bond donors (Lipinski definition) is 0. The highest BCUT2D eigenvalue weighted by Gasteiger charge is 2.13. The van der Waals surface area contributed by atoms with Gasteiger partial charge < -0.3 is 9.32 Å². The molecule has 22 heavy (non-hydrogen) atoms. The summed E-state index contributed by atoms with van der Waals surface area (Å²) in [6.45, 7) is 5.42. The molecule has 2 rings (SSSR count). The molecule has 0 bridgehead atoms. The van der Waals surface area contributed by atoms with Gasteiger partial charge in [-0.15, -0.1) is 10.2 Å². The Hall–Kier alpha value is -1.53. The minimum atomic E-state index is 0.142. The maximum Gasteiger partial charge on any atom is 0.276 e. The summed E-state index contributed by atoms with van der Waals surface area (Å²) < 4.78 is 5.58. The molecule has 0 aliphatic carbocycles. The summed E-state index contributed by atoms with van der Waals surface area (Å²) in [4.78, 5) is 13.7. The zero-order chi connectivity index (χ0) is 15.9. The van der Waals surface area contributed by atoms with E-state index in [4.69, 9.17) is 16.0 Å². The number of halogens is 1. The summed E-state index contributed by atoms with van der Waals surface area (Å²) in [6.07, 6.45) is 0.455. The van der Waals surface area contributed by atoms with Gasteiger partial charge in [0.1, 0.15) is 0 Å². The van der Waals surface area contributed by atoms with Gasteiger partial charge in [0, 0.05) is 25.3 Å². The van der Waals surface area contributed by atoms with Gasteiger partial charge in [0.05, 0.1) is 10.6 Å².